The van der Waals surface area contributed by atoms with Gasteiger partial charge in [-0.15, -0.1) is 11.3 Å². The lowest BCUT2D eigenvalue weighted by Gasteiger charge is -2.20. The molecular weight excluding hydrogens is 292 g/mol. The Bertz CT molecular complexity index is 646. The Morgan fingerprint density at radius 3 is 2.90 bits per heavy atom. The average molecular weight is 306 g/mol. The lowest BCUT2D eigenvalue weighted by Crippen LogP contribution is -2.35. The molecular formula is C14H14N2O4S. The fourth-order valence-corrected chi connectivity index (χ4v) is 2.84. The minimum atomic E-state index is -0.900. The van der Waals surface area contributed by atoms with Crippen LogP contribution in [0.1, 0.15) is 29.8 Å². The number of aliphatic carboxylic acids is 1. The van der Waals surface area contributed by atoms with Gasteiger partial charge in [0, 0.05) is 18.0 Å². The molecule has 7 heteroatoms. The van der Waals surface area contributed by atoms with E-state index >= 15 is 0 Å². The molecule has 21 heavy (non-hydrogen) atoms. The molecule has 0 radical (unpaired) electrons. The Labute approximate surface area is 125 Å². The van der Waals surface area contributed by atoms with E-state index in [-0.39, 0.29) is 24.9 Å². The molecule has 1 amide bonds. The summed E-state index contributed by atoms with van der Waals surface area (Å²) in [6, 6.07) is 3.71. The van der Waals surface area contributed by atoms with Crippen molar-refractivity contribution in [2.24, 2.45) is 0 Å². The van der Waals surface area contributed by atoms with Crippen LogP contribution in [0.5, 0.6) is 0 Å². The van der Waals surface area contributed by atoms with Gasteiger partial charge in [0.05, 0.1) is 12.7 Å². The van der Waals surface area contributed by atoms with Crippen molar-refractivity contribution >= 4 is 23.2 Å². The molecule has 2 aromatic heterocycles. The highest BCUT2D eigenvalue weighted by molar-refractivity contribution is 7.13. The van der Waals surface area contributed by atoms with Crippen LogP contribution in [0.4, 0.5) is 0 Å². The third-order valence-corrected chi connectivity index (χ3v) is 4.13. The normalized spacial score (nSPS) is 14.1. The quantitative estimate of drug-likeness (QED) is 0.886. The highest BCUT2D eigenvalue weighted by Crippen LogP contribution is 2.30. The maximum atomic E-state index is 12.5. The van der Waals surface area contributed by atoms with E-state index in [0.29, 0.717) is 16.5 Å². The van der Waals surface area contributed by atoms with E-state index in [9.17, 15) is 9.59 Å². The number of thiazole rings is 1. The number of carbonyl (C=O) groups excluding carboxylic acids is 1. The van der Waals surface area contributed by atoms with Crippen molar-refractivity contribution in [1.82, 2.24) is 9.88 Å². The van der Waals surface area contributed by atoms with Crippen LogP contribution in [-0.4, -0.2) is 39.5 Å². The van der Waals surface area contributed by atoms with Crippen molar-refractivity contribution in [3.63, 3.8) is 0 Å². The number of aromatic nitrogens is 1. The van der Waals surface area contributed by atoms with Gasteiger partial charge in [-0.3, -0.25) is 9.59 Å². The van der Waals surface area contributed by atoms with Gasteiger partial charge < -0.3 is 14.4 Å². The summed E-state index contributed by atoms with van der Waals surface area (Å²) in [5.41, 5.74) is 0.351. The van der Waals surface area contributed by atoms with Crippen molar-refractivity contribution in [3.05, 3.63) is 29.5 Å². The van der Waals surface area contributed by atoms with Gasteiger partial charge in [0.1, 0.15) is 5.69 Å². The largest absolute Gasteiger partial charge is 0.481 e. The highest BCUT2D eigenvalue weighted by atomic mass is 32.1. The Morgan fingerprint density at radius 1 is 1.48 bits per heavy atom. The summed E-state index contributed by atoms with van der Waals surface area (Å²) in [5.74, 6) is -0.474. The van der Waals surface area contributed by atoms with Gasteiger partial charge in [-0.25, -0.2) is 4.98 Å². The third-order valence-electron chi connectivity index (χ3n) is 3.27. The number of hydrogen-bond donors (Lipinski definition) is 1. The molecule has 1 saturated carbocycles. The summed E-state index contributed by atoms with van der Waals surface area (Å²) in [6.07, 6.45) is 3.38. The molecule has 2 heterocycles. The number of carbonyl (C=O) groups is 2. The van der Waals surface area contributed by atoms with Crippen molar-refractivity contribution in [1.29, 1.82) is 0 Å². The maximum absolute atomic E-state index is 12.5. The van der Waals surface area contributed by atoms with Crippen LogP contribution in [0.2, 0.25) is 0 Å². The molecule has 2 aromatic rings. The van der Waals surface area contributed by atoms with Crippen molar-refractivity contribution in [2.45, 2.75) is 25.3 Å². The molecule has 0 spiro atoms. The summed E-state index contributed by atoms with van der Waals surface area (Å²) in [5, 5.41) is 11.1. The van der Waals surface area contributed by atoms with Crippen LogP contribution in [0.3, 0.4) is 0 Å². The molecule has 6 nitrogen and oxygen atoms in total. The van der Waals surface area contributed by atoms with Crippen LogP contribution < -0.4 is 0 Å². The number of hydrogen-bond acceptors (Lipinski definition) is 5. The number of furan rings is 1. The Balaban J connectivity index is 1.75. The summed E-state index contributed by atoms with van der Waals surface area (Å²) >= 11 is 1.34. The van der Waals surface area contributed by atoms with E-state index in [0.717, 1.165) is 12.8 Å². The zero-order chi connectivity index (χ0) is 14.8. The molecule has 110 valence electrons. The second-order valence-electron chi connectivity index (χ2n) is 4.89. The van der Waals surface area contributed by atoms with Crippen molar-refractivity contribution in [2.75, 3.05) is 6.54 Å². The van der Waals surface area contributed by atoms with Crippen LogP contribution >= 0.6 is 11.3 Å². The zero-order valence-corrected chi connectivity index (χ0v) is 12.0. The average Bonchev–Trinajstić information content (AvgIpc) is 2.96. The predicted octanol–water partition coefficient (Wildman–Crippen LogP) is 2.48. The van der Waals surface area contributed by atoms with Gasteiger partial charge in [0.2, 0.25) is 0 Å². The minimum Gasteiger partial charge on any atom is -0.481 e. The first-order valence-electron chi connectivity index (χ1n) is 6.67. The molecule has 0 aliphatic heterocycles. The number of amides is 1. The minimum absolute atomic E-state index is 0.0442. The predicted molar refractivity (Wildman–Crippen MR) is 76.1 cm³/mol. The number of rotatable bonds is 6. The van der Waals surface area contributed by atoms with E-state index in [1.165, 1.54) is 11.3 Å². The Hall–Kier alpha value is -2.15. The molecule has 3 rings (SSSR count). The Kier molecular flexibility index (Phi) is 3.74. The highest BCUT2D eigenvalue weighted by Gasteiger charge is 2.34. The maximum Gasteiger partial charge on any atom is 0.305 e. The molecule has 1 N–H and O–H groups in total. The van der Waals surface area contributed by atoms with Crippen LogP contribution in [-0.2, 0) is 4.79 Å². The summed E-state index contributed by atoms with van der Waals surface area (Å²) in [6.45, 7) is 0.229. The molecule has 0 aromatic carbocycles. The van der Waals surface area contributed by atoms with Gasteiger partial charge in [-0.05, 0) is 25.0 Å². The van der Waals surface area contributed by atoms with Crippen molar-refractivity contribution in [3.8, 4) is 10.8 Å². The van der Waals surface area contributed by atoms with Gasteiger partial charge in [0.15, 0.2) is 10.8 Å². The van der Waals surface area contributed by atoms with Crippen LogP contribution in [0.25, 0.3) is 10.8 Å². The standard InChI is InChI=1S/C14H14N2O4S/c17-12(18)5-6-16(9-3-4-9)14(19)10-8-21-13(15-10)11-2-1-7-20-11/h1-2,7-9H,3-6H2,(H,17,18). The molecule has 1 aliphatic carbocycles. The van der Waals surface area contributed by atoms with Crippen LogP contribution in [0.15, 0.2) is 28.2 Å². The second kappa shape index (κ2) is 5.69. The topological polar surface area (TPSA) is 83.6 Å². The fraction of sp³-hybridized carbons (Fsp3) is 0.357. The summed E-state index contributed by atoms with van der Waals surface area (Å²) in [4.78, 5) is 29.1. The SMILES string of the molecule is O=C(O)CCN(C(=O)c1csc(-c2ccco2)n1)C1CC1. The molecule has 0 unspecified atom stereocenters. The third kappa shape index (κ3) is 3.13. The van der Waals surface area contributed by atoms with E-state index in [4.69, 9.17) is 9.52 Å². The van der Waals surface area contributed by atoms with E-state index in [1.54, 1.807) is 28.7 Å². The number of nitrogens with zero attached hydrogens (tertiary/aromatic N) is 2. The summed E-state index contributed by atoms with van der Waals surface area (Å²) < 4.78 is 5.26. The van der Waals surface area contributed by atoms with Crippen molar-refractivity contribution < 1.29 is 19.1 Å². The van der Waals surface area contributed by atoms with Gasteiger partial charge in [0.25, 0.3) is 5.91 Å². The van der Waals surface area contributed by atoms with E-state index < -0.39 is 5.97 Å². The first kappa shape index (κ1) is 13.8. The lowest BCUT2D eigenvalue weighted by molar-refractivity contribution is -0.137. The monoisotopic (exact) mass is 306 g/mol. The number of carboxylic acids is 1. The number of carboxylic acid groups (broad SMARTS) is 1. The van der Waals surface area contributed by atoms with E-state index in [1.807, 2.05) is 0 Å². The lowest BCUT2D eigenvalue weighted by atomic mass is 10.3. The smallest absolute Gasteiger partial charge is 0.305 e. The van der Waals surface area contributed by atoms with Crippen LogP contribution in [0, 0.1) is 0 Å². The first-order chi connectivity index (χ1) is 10.1. The van der Waals surface area contributed by atoms with Gasteiger partial charge in [-0.2, -0.15) is 0 Å². The Morgan fingerprint density at radius 2 is 2.29 bits per heavy atom. The first-order valence-corrected chi connectivity index (χ1v) is 7.55. The molecule has 1 aliphatic rings. The molecule has 0 atom stereocenters. The molecule has 1 fully saturated rings. The summed E-state index contributed by atoms with van der Waals surface area (Å²) in [7, 11) is 0. The molecule has 0 bridgehead atoms. The van der Waals surface area contributed by atoms with E-state index in [2.05, 4.69) is 4.98 Å². The van der Waals surface area contributed by atoms with Gasteiger partial charge >= 0.3 is 5.97 Å². The van der Waals surface area contributed by atoms with Gasteiger partial charge in [-0.1, -0.05) is 0 Å². The zero-order valence-electron chi connectivity index (χ0n) is 11.2. The molecule has 0 saturated heterocycles. The second-order valence-corrected chi connectivity index (χ2v) is 5.75. The fourth-order valence-electron chi connectivity index (χ4n) is 2.08.